The van der Waals surface area contributed by atoms with Gasteiger partial charge >= 0.3 is 5.97 Å². The van der Waals surface area contributed by atoms with Crippen LogP contribution in [0, 0.1) is 23.7 Å². The van der Waals surface area contributed by atoms with E-state index in [-0.39, 0.29) is 37.4 Å². The van der Waals surface area contributed by atoms with Gasteiger partial charge in [-0.15, -0.1) is 0 Å². The smallest absolute Gasteiger partial charge is 0.350 e. The normalized spacial score (nSPS) is 36.5. The number of ketones is 2. The fourth-order valence-corrected chi connectivity index (χ4v) is 8.38. The number of aliphatic hydroxyl groups is 2. The Morgan fingerprint density at radius 2 is 1.71 bits per heavy atom. The summed E-state index contributed by atoms with van der Waals surface area (Å²) in [5.74, 6) is -1.35. The molecule has 2 heterocycles. The van der Waals surface area contributed by atoms with Crippen molar-refractivity contribution in [1.29, 1.82) is 0 Å². The average molecular weight is 589 g/mol. The zero-order valence-corrected chi connectivity index (χ0v) is 25.4. The summed E-state index contributed by atoms with van der Waals surface area (Å²) in [5.41, 5.74) is 4.06. The van der Waals surface area contributed by atoms with Crippen molar-refractivity contribution in [2.75, 3.05) is 19.8 Å². The Balaban J connectivity index is 1.29. The maximum atomic E-state index is 14.0. The summed E-state index contributed by atoms with van der Waals surface area (Å²) in [4.78, 5) is 41.7. The van der Waals surface area contributed by atoms with E-state index < -0.39 is 35.1 Å². The standard InChI is InChI=1S/C33H52N2O7/c1-21(11-12-23-15-16-35-28(34)17-23)24(19-36)18-32-29(38)26-9-5-6-10-27(26)30(39)33(32,42-32)31(40)41-20-25(37)14-13-22-7-3-2-4-8-22/h22-23,25-28,35-37H,2-20,34H2,1H3/t23?,25-,26?,27?,28?,32+,33+/m1/s1. The summed E-state index contributed by atoms with van der Waals surface area (Å²) >= 11 is 0. The molecule has 5 fully saturated rings. The molecule has 2 aliphatic heterocycles. The molecule has 0 amide bonds. The molecule has 0 spiro atoms. The lowest BCUT2D eigenvalue weighted by atomic mass is 9.60. The highest BCUT2D eigenvalue weighted by Gasteiger charge is 2.87. The number of piperidine rings is 1. The van der Waals surface area contributed by atoms with Gasteiger partial charge in [0, 0.05) is 18.3 Å². The van der Waals surface area contributed by atoms with Crippen molar-refractivity contribution in [1.82, 2.24) is 5.32 Å². The maximum absolute atomic E-state index is 14.0. The number of fused-ring (bicyclic) bond motifs is 2. The zero-order chi connectivity index (χ0) is 29.9. The van der Waals surface area contributed by atoms with Crippen molar-refractivity contribution in [3.8, 4) is 0 Å². The van der Waals surface area contributed by atoms with Crippen LogP contribution < -0.4 is 11.1 Å². The molecule has 5 N–H and O–H groups in total. The first-order chi connectivity index (χ1) is 20.2. The Kier molecular flexibility index (Phi) is 10.2. The van der Waals surface area contributed by atoms with Gasteiger partial charge in [0.1, 0.15) is 6.61 Å². The molecule has 3 saturated carbocycles. The third kappa shape index (κ3) is 6.27. The van der Waals surface area contributed by atoms with E-state index in [0.29, 0.717) is 36.7 Å². The number of aliphatic hydroxyl groups excluding tert-OH is 2. The highest BCUT2D eigenvalue weighted by atomic mass is 16.7. The quantitative estimate of drug-likeness (QED) is 0.116. The van der Waals surface area contributed by atoms with E-state index in [1.54, 1.807) is 0 Å². The fraction of sp³-hybridized carbons (Fsp3) is 0.848. The largest absolute Gasteiger partial charge is 0.460 e. The Labute approximate surface area is 250 Å². The predicted octanol–water partition coefficient (Wildman–Crippen LogP) is 3.48. The molecule has 0 bridgehead atoms. The molecule has 9 heteroatoms. The van der Waals surface area contributed by atoms with E-state index in [2.05, 4.69) is 5.32 Å². The van der Waals surface area contributed by atoms with Crippen molar-refractivity contribution >= 4 is 17.5 Å². The summed E-state index contributed by atoms with van der Waals surface area (Å²) < 4.78 is 11.7. The second kappa shape index (κ2) is 13.6. The number of carbonyl (C=O) groups is 3. The van der Waals surface area contributed by atoms with E-state index in [9.17, 15) is 24.6 Å². The van der Waals surface area contributed by atoms with Gasteiger partial charge in [0.25, 0.3) is 5.60 Å². The number of carbonyl (C=O) groups excluding carboxylic acids is 3. The number of hydrogen-bond acceptors (Lipinski definition) is 9. The third-order valence-electron chi connectivity index (χ3n) is 11.1. The van der Waals surface area contributed by atoms with Gasteiger partial charge in [-0.3, -0.25) is 9.59 Å². The van der Waals surface area contributed by atoms with Crippen LogP contribution in [0.2, 0.25) is 0 Å². The van der Waals surface area contributed by atoms with Crippen molar-refractivity contribution in [2.45, 2.75) is 133 Å². The lowest BCUT2D eigenvalue weighted by molar-refractivity contribution is -0.161. The van der Waals surface area contributed by atoms with Gasteiger partial charge in [0.15, 0.2) is 17.2 Å². The van der Waals surface area contributed by atoms with Crippen LogP contribution in [0.5, 0.6) is 0 Å². The number of Topliss-reactive ketones (excluding diaryl/α,β-unsaturated/α-hetero) is 2. The van der Waals surface area contributed by atoms with Gasteiger partial charge in [-0.2, -0.15) is 0 Å². The van der Waals surface area contributed by atoms with Crippen molar-refractivity contribution in [2.24, 2.45) is 29.4 Å². The van der Waals surface area contributed by atoms with E-state index in [1.165, 1.54) is 32.1 Å². The van der Waals surface area contributed by atoms with Gasteiger partial charge in [-0.05, 0) is 82.2 Å². The average Bonchev–Trinajstić information content (AvgIpc) is 3.71. The van der Waals surface area contributed by atoms with E-state index >= 15 is 0 Å². The lowest BCUT2D eigenvalue weighted by Gasteiger charge is -2.37. The lowest BCUT2D eigenvalue weighted by Crippen LogP contribution is -2.58. The number of nitrogens with two attached hydrogens (primary N) is 1. The third-order valence-corrected chi connectivity index (χ3v) is 11.1. The second-order valence-corrected chi connectivity index (χ2v) is 13.9. The van der Waals surface area contributed by atoms with Crippen LogP contribution in [-0.2, 0) is 23.9 Å². The number of nitrogens with one attached hydrogen (secondary N) is 1. The maximum Gasteiger partial charge on any atom is 0.350 e. The molecular formula is C33H52N2O7. The first-order valence-corrected chi connectivity index (χ1v) is 16.6. The van der Waals surface area contributed by atoms with Crippen LogP contribution >= 0.6 is 0 Å². The molecule has 42 heavy (non-hydrogen) atoms. The summed E-state index contributed by atoms with van der Waals surface area (Å²) in [6.45, 7) is 2.34. The summed E-state index contributed by atoms with van der Waals surface area (Å²) in [7, 11) is 0. The molecule has 0 aromatic heterocycles. The molecule has 3 aliphatic carbocycles. The van der Waals surface area contributed by atoms with E-state index in [0.717, 1.165) is 57.1 Å². The van der Waals surface area contributed by atoms with Crippen LogP contribution in [0.25, 0.3) is 0 Å². The van der Waals surface area contributed by atoms with Gasteiger partial charge in [-0.25, -0.2) is 4.79 Å². The van der Waals surface area contributed by atoms with Crippen molar-refractivity contribution in [3.63, 3.8) is 0 Å². The van der Waals surface area contributed by atoms with Crippen LogP contribution in [0.1, 0.15) is 110 Å². The highest BCUT2D eigenvalue weighted by molar-refractivity contribution is 6.23. The Bertz CT molecular complexity index is 1040. The van der Waals surface area contributed by atoms with Gasteiger partial charge < -0.3 is 30.7 Å². The molecule has 2 saturated heterocycles. The van der Waals surface area contributed by atoms with Crippen molar-refractivity contribution in [3.05, 3.63) is 11.1 Å². The van der Waals surface area contributed by atoms with Crippen LogP contribution in [-0.4, -0.2) is 71.0 Å². The summed E-state index contributed by atoms with van der Waals surface area (Å²) in [6.07, 6.45) is 13.1. The van der Waals surface area contributed by atoms with Gasteiger partial charge in [-0.1, -0.05) is 50.5 Å². The minimum Gasteiger partial charge on any atom is -0.460 e. The number of esters is 1. The highest BCUT2D eigenvalue weighted by Crippen LogP contribution is 2.62. The van der Waals surface area contributed by atoms with Crippen LogP contribution in [0.3, 0.4) is 0 Å². The molecule has 5 aliphatic rings. The molecule has 0 radical (unpaired) electrons. The zero-order valence-electron chi connectivity index (χ0n) is 25.4. The van der Waals surface area contributed by atoms with Gasteiger partial charge in [0.05, 0.1) is 18.9 Å². The first-order valence-electron chi connectivity index (χ1n) is 16.6. The monoisotopic (exact) mass is 588 g/mol. The summed E-state index contributed by atoms with van der Waals surface area (Å²) in [5, 5.41) is 24.3. The minimum absolute atomic E-state index is 0.00387. The number of ether oxygens (including phenoxy) is 2. The molecular weight excluding hydrogens is 536 g/mol. The molecule has 7 atom stereocenters. The van der Waals surface area contributed by atoms with Gasteiger partial charge in [0.2, 0.25) is 0 Å². The Hall–Kier alpha value is -1.65. The summed E-state index contributed by atoms with van der Waals surface area (Å²) in [6, 6.07) is 0. The van der Waals surface area contributed by atoms with E-state index in [4.69, 9.17) is 15.2 Å². The number of allylic oxidation sites excluding steroid dienone is 1. The number of rotatable bonds is 12. The van der Waals surface area contributed by atoms with E-state index in [1.807, 2.05) is 6.92 Å². The molecule has 0 aromatic rings. The van der Waals surface area contributed by atoms with Crippen LogP contribution in [0.4, 0.5) is 0 Å². The topological polar surface area (TPSA) is 151 Å². The Morgan fingerprint density at radius 1 is 1.02 bits per heavy atom. The molecule has 5 rings (SSSR count). The molecule has 4 unspecified atom stereocenters. The minimum atomic E-state index is -1.98. The SMILES string of the molecule is CC(CCC1CCNC(N)C1)=C(CO)C[C@@]12O[C@]1(C(=O)OC[C@H](O)CCC1CCCCC1)C(=O)C1CCCCC1C2=O. The molecule has 236 valence electrons. The fourth-order valence-electron chi connectivity index (χ4n) is 8.38. The molecule has 9 nitrogen and oxygen atoms in total. The van der Waals surface area contributed by atoms with Crippen molar-refractivity contribution < 1.29 is 34.1 Å². The predicted molar refractivity (Wildman–Crippen MR) is 157 cm³/mol. The molecule has 0 aromatic carbocycles. The van der Waals surface area contributed by atoms with Crippen LogP contribution in [0.15, 0.2) is 11.1 Å². The Morgan fingerprint density at radius 3 is 2.40 bits per heavy atom. The number of epoxide rings is 1. The second-order valence-electron chi connectivity index (χ2n) is 13.9. The number of hydrogen-bond donors (Lipinski definition) is 4. The first kappa shape index (κ1) is 31.8.